The Morgan fingerprint density at radius 2 is 0.885 bits per heavy atom. The van der Waals surface area contributed by atoms with Crippen LogP contribution in [-0.2, 0) is 0 Å². The minimum Gasteiger partial charge on any atom is -0.509 e. The predicted octanol–water partition coefficient (Wildman–Crippen LogP) is 1.63. The van der Waals surface area contributed by atoms with Gasteiger partial charge in [-0.15, -0.1) is 0 Å². The third kappa shape index (κ3) is 5.18. The molecule has 0 fully saturated rings. The van der Waals surface area contributed by atoms with Crippen LogP contribution in [0.15, 0.2) is 72.2 Å². The van der Waals surface area contributed by atoms with Crippen molar-refractivity contribution < 1.29 is 30.6 Å². The third-order valence-corrected chi connectivity index (χ3v) is 3.83. The molecule has 0 saturated heterocycles. The minimum atomic E-state index is -1.92. The second kappa shape index (κ2) is 9.17. The zero-order valence-electron chi connectivity index (χ0n) is 13.9. The Kier molecular flexibility index (Phi) is 6.94. The maximum absolute atomic E-state index is 10.0. The van der Waals surface area contributed by atoms with Crippen molar-refractivity contribution in [3.05, 3.63) is 83.3 Å². The highest BCUT2D eigenvalue weighted by molar-refractivity contribution is 5.52. The van der Waals surface area contributed by atoms with Crippen molar-refractivity contribution in [2.45, 2.75) is 24.4 Å². The summed E-state index contributed by atoms with van der Waals surface area (Å²) >= 11 is 0. The van der Waals surface area contributed by atoms with E-state index in [1.165, 1.54) is 12.2 Å². The molecular formula is C20H22O6. The highest BCUT2D eigenvalue weighted by Crippen LogP contribution is 2.17. The summed E-state index contributed by atoms with van der Waals surface area (Å²) in [7, 11) is 0. The Bertz CT molecular complexity index is 676. The van der Waals surface area contributed by atoms with Crippen LogP contribution in [0.25, 0.3) is 12.2 Å². The molecule has 2 aromatic rings. The molecule has 2 rings (SSSR count). The molecular weight excluding hydrogens is 336 g/mol. The lowest BCUT2D eigenvalue weighted by atomic mass is 9.99. The first-order valence-corrected chi connectivity index (χ1v) is 8.03. The first-order chi connectivity index (χ1) is 12.4. The second-order valence-corrected chi connectivity index (χ2v) is 5.83. The van der Waals surface area contributed by atoms with Gasteiger partial charge in [-0.25, -0.2) is 0 Å². The molecule has 0 heterocycles. The fraction of sp³-hybridized carbons (Fsp3) is 0.200. The van der Waals surface area contributed by atoms with Gasteiger partial charge in [-0.3, -0.25) is 0 Å². The molecule has 6 nitrogen and oxygen atoms in total. The molecule has 0 amide bonds. The van der Waals surface area contributed by atoms with Crippen molar-refractivity contribution in [3.63, 3.8) is 0 Å². The van der Waals surface area contributed by atoms with Crippen LogP contribution in [0.4, 0.5) is 0 Å². The van der Waals surface area contributed by atoms with E-state index >= 15 is 0 Å². The monoisotopic (exact) mass is 358 g/mol. The largest absolute Gasteiger partial charge is 0.509 e. The average Bonchev–Trinajstić information content (AvgIpc) is 2.67. The van der Waals surface area contributed by atoms with Gasteiger partial charge in [0, 0.05) is 0 Å². The number of hydrogen-bond acceptors (Lipinski definition) is 6. The lowest BCUT2D eigenvalue weighted by Crippen LogP contribution is -2.45. The van der Waals surface area contributed by atoms with Gasteiger partial charge in [-0.2, -0.15) is 0 Å². The molecule has 2 aromatic carbocycles. The Morgan fingerprint density at radius 3 is 1.19 bits per heavy atom. The van der Waals surface area contributed by atoms with Crippen LogP contribution < -0.4 is 0 Å². The molecule has 0 saturated carbocycles. The highest BCUT2D eigenvalue weighted by atomic mass is 16.4. The molecule has 26 heavy (non-hydrogen) atoms. The van der Waals surface area contributed by atoms with Gasteiger partial charge in [-0.1, -0.05) is 60.7 Å². The Labute approximate surface area is 151 Å². The summed E-state index contributed by atoms with van der Waals surface area (Å²) < 4.78 is 0. The molecule has 0 unspecified atom stereocenters. The number of benzene rings is 2. The van der Waals surface area contributed by atoms with Gasteiger partial charge in [0.25, 0.3) is 0 Å². The molecule has 0 aromatic heterocycles. The maximum Gasteiger partial charge on any atom is 0.139 e. The lowest BCUT2D eigenvalue weighted by Gasteiger charge is -2.26. The SMILES string of the molecule is OC(=Cc1ccccc1)[C@@H](O)[C@@H](O)[C@H](O)[C@H](O)C(O)=Cc1ccccc1. The van der Waals surface area contributed by atoms with Crippen molar-refractivity contribution in [3.8, 4) is 0 Å². The van der Waals surface area contributed by atoms with E-state index in [2.05, 4.69) is 0 Å². The molecule has 138 valence electrons. The van der Waals surface area contributed by atoms with E-state index < -0.39 is 35.9 Å². The zero-order chi connectivity index (χ0) is 19.1. The fourth-order valence-electron chi connectivity index (χ4n) is 2.33. The van der Waals surface area contributed by atoms with Crippen LogP contribution in [0.5, 0.6) is 0 Å². The molecule has 0 spiro atoms. The van der Waals surface area contributed by atoms with E-state index in [1.807, 2.05) is 0 Å². The molecule has 4 atom stereocenters. The topological polar surface area (TPSA) is 121 Å². The fourth-order valence-corrected chi connectivity index (χ4v) is 2.33. The van der Waals surface area contributed by atoms with E-state index in [0.717, 1.165) is 0 Å². The van der Waals surface area contributed by atoms with Crippen molar-refractivity contribution >= 4 is 12.2 Å². The Morgan fingerprint density at radius 1 is 0.577 bits per heavy atom. The molecule has 0 aliphatic rings. The van der Waals surface area contributed by atoms with Gasteiger partial charge in [-0.05, 0) is 23.3 Å². The summed E-state index contributed by atoms with van der Waals surface area (Å²) in [6.45, 7) is 0. The zero-order valence-corrected chi connectivity index (χ0v) is 13.9. The Hall–Kier alpha value is -2.64. The molecule has 0 aliphatic heterocycles. The highest BCUT2D eigenvalue weighted by Gasteiger charge is 2.34. The van der Waals surface area contributed by atoms with Gasteiger partial charge in [0.05, 0.1) is 0 Å². The molecule has 0 aliphatic carbocycles. The maximum atomic E-state index is 10.0. The van der Waals surface area contributed by atoms with Crippen molar-refractivity contribution in [1.29, 1.82) is 0 Å². The summed E-state index contributed by atoms with van der Waals surface area (Å²) in [5, 5.41) is 59.9. The number of hydrogen-bond donors (Lipinski definition) is 6. The summed E-state index contributed by atoms with van der Waals surface area (Å²) in [5.41, 5.74) is 1.16. The standard InChI is InChI=1S/C20H22O6/c21-15(11-13-7-3-1-4-8-13)17(23)19(25)20(26)18(24)16(22)12-14-9-5-2-6-10-14/h1-12,17-26H/t17-,18-,19-,20-/m1/s1. The average molecular weight is 358 g/mol. The minimum absolute atomic E-state index is 0.582. The van der Waals surface area contributed by atoms with E-state index in [-0.39, 0.29) is 0 Å². The van der Waals surface area contributed by atoms with Gasteiger partial charge in [0.15, 0.2) is 0 Å². The first-order valence-electron chi connectivity index (χ1n) is 8.03. The van der Waals surface area contributed by atoms with Gasteiger partial charge in [0.1, 0.15) is 35.9 Å². The smallest absolute Gasteiger partial charge is 0.139 e. The van der Waals surface area contributed by atoms with Crippen LogP contribution in [0.3, 0.4) is 0 Å². The number of aliphatic hydroxyl groups is 6. The predicted molar refractivity (Wildman–Crippen MR) is 98.1 cm³/mol. The molecule has 6 heteroatoms. The van der Waals surface area contributed by atoms with Crippen LogP contribution >= 0.6 is 0 Å². The number of rotatable bonds is 7. The third-order valence-electron chi connectivity index (χ3n) is 3.83. The quantitative estimate of drug-likeness (QED) is 0.419. The molecule has 0 bridgehead atoms. The summed E-state index contributed by atoms with van der Waals surface area (Å²) in [5.74, 6) is -1.16. The van der Waals surface area contributed by atoms with Crippen molar-refractivity contribution in [2.75, 3.05) is 0 Å². The van der Waals surface area contributed by atoms with Crippen molar-refractivity contribution in [1.82, 2.24) is 0 Å². The van der Waals surface area contributed by atoms with Crippen LogP contribution in [0.2, 0.25) is 0 Å². The summed E-state index contributed by atoms with van der Waals surface area (Å²) in [6.07, 6.45) is -5.07. The van der Waals surface area contributed by atoms with Crippen molar-refractivity contribution in [2.24, 2.45) is 0 Å². The van der Waals surface area contributed by atoms with E-state index in [1.54, 1.807) is 60.7 Å². The molecule has 0 radical (unpaired) electrons. The van der Waals surface area contributed by atoms with Gasteiger partial charge >= 0.3 is 0 Å². The summed E-state index contributed by atoms with van der Waals surface area (Å²) in [6, 6.07) is 17.2. The van der Waals surface area contributed by atoms with Crippen LogP contribution in [-0.4, -0.2) is 55.1 Å². The summed E-state index contributed by atoms with van der Waals surface area (Å²) in [4.78, 5) is 0. The van der Waals surface area contributed by atoms with E-state index in [4.69, 9.17) is 0 Å². The number of aliphatic hydroxyl groups excluding tert-OH is 6. The first kappa shape index (κ1) is 19.7. The van der Waals surface area contributed by atoms with Crippen LogP contribution in [0, 0.1) is 0 Å². The molecule has 6 N–H and O–H groups in total. The van der Waals surface area contributed by atoms with Gasteiger partial charge < -0.3 is 30.6 Å². The Balaban J connectivity index is 2.08. The second-order valence-electron chi connectivity index (χ2n) is 5.83. The van der Waals surface area contributed by atoms with Gasteiger partial charge in [0.2, 0.25) is 0 Å². The normalized spacial score (nSPS) is 17.4. The van der Waals surface area contributed by atoms with E-state index in [0.29, 0.717) is 11.1 Å². The van der Waals surface area contributed by atoms with Crippen LogP contribution in [0.1, 0.15) is 11.1 Å². The van der Waals surface area contributed by atoms with E-state index in [9.17, 15) is 30.6 Å². The lowest BCUT2D eigenvalue weighted by molar-refractivity contribution is -0.0996.